The first kappa shape index (κ1) is 20.7. The molecule has 1 unspecified atom stereocenters. The molecule has 0 spiro atoms. The summed E-state index contributed by atoms with van der Waals surface area (Å²) in [6.45, 7) is 0.244. The highest BCUT2D eigenvalue weighted by Gasteiger charge is 2.42. The highest BCUT2D eigenvalue weighted by Crippen LogP contribution is 2.36. The third kappa shape index (κ3) is 4.22. The minimum atomic E-state index is -1.72. The molecule has 0 aliphatic heterocycles. The Hall–Kier alpha value is -3.00. The van der Waals surface area contributed by atoms with Gasteiger partial charge in [0, 0.05) is 17.5 Å². The first-order valence-corrected chi connectivity index (χ1v) is 9.37. The molecule has 152 valence electrons. The summed E-state index contributed by atoms with van der Waals surface area (Å²) in [6, 6.07) is 18.6. The Morgan fingerprint density at radius 2 is 1.59 bits per heavy atom. The van der Waals surface area contributed by atoms with Crippen LogP contribution < -0.4 is 5.32 Å². The molecular weight excluding hydrogens is 372 g/mol. The van der Waals surface area contributed by atoms with E-state index in [1.165, 1.54) is 0 Å². The molecule has 0 radical (unpaired) electrons. The van der Waals surface area contributed by atoms with E-state index in [0.717, 1.165) is 11.1 Å². The molecule has 0 bridgehead atoms. The molecule has 1 heterocycles. The van der Waals surface area contributed by atoms with Crippen LogP contribution in [0.3, 0.4) is 0 Å². The molecule has 0 saturated heterocycles. The lowest BCUT2D eigenvalue weighted by Gasteiger charge is -2.33. The van der Waals surface area contributed by atoms with Crippen molar-refractivity contribution in [3.63, 3.8) is 0 Å². The first-order valence-electron chi connectivity index (χ1n) is 9.37. The van der Waals surface area contributed by atoms with Crippen molar-refractivity contribution < 1.29 is 24.5 Å². The van der Waals surface area contributed by atoms with Crippen LogP contribution in [-0.4, -0.2) is 45.0 Å². The summed E-state index contributed by atoms with van der Waals surface area (Å²) in [7, 11) is 0. The van der Waals surface area contributed by atoms with Crippen molar-refractivity contribution in [2.45, 2.75) is 25.0 Å². The van der Waals surface area contributed by atoms with E-state index < -0.39 is 30.8 Å². The van der Waals surface area contributed by atoms with Crippen molar-refractivity contribution in [2.75, 3.05) is 13.2 Å². The lowest BCUT2D eigenvalue weighted by atomic mass is 9.93. The van der Waals surface area contributed by atoms with Gasteiger partial charge >= 0.3 is 0 Å². The summed E-state index contributed by atoms with van der Waals surface area (Å²) < 4.78 is 5.91. The Bertz CT molecular complexity index is 879. The fourth-order valence-corrected chi connectivity index (χ4v) is 3.00. The SMILES string of the molecule is CCC(=O)NC(CO)(CO)C(O)c1nc(-c2ccccc2)c(-c2ccccc2)o1. The molecule has 1 aromatic heterocycles. The van der Waals surface area contributed by atoms with E-state index in [1.807, 2.05) is 60.7 Å². The summed E-state index contributed by atoms with van der Waals surface area (Å²) in [5.74, 6) is -0.0927. The molecule has 0 fully saturated rings. The van der Waals surface area contributed by atoms with Crippen LogP contribution in [0.4, 0.5) is 0 Å². The minimum absolute atomic E-state index is 0.109. The van der Waals surface area contributed by atoms with Crippen LogP contribution in [0.25, 0.3) is 22.6 Å². The van der Waals surface area contributed by atoms with Gasteiger partial charge in [0.25, 0.3) is 0 Å². The van der Waals surface area contributed by atoms with Gasteiger partial charge in [0.05, 0.1) is 13.2 Å². The number of oxazole rings is 1. The quantitative estimate of drug-likeness (QED) is 0.464. The summed E-state index contributed by atoms with van der Waals surface area (Å²) in [5, 5.41) is 33.1. The number of aliphatic hydroxyl groups is 3. The van der Waals surface area contributed by atoms with Gasteiger partial charge in [-0.25, -0.2) is 4.98 Å². The maximum Gasteiger partial charge on any atom is 0.227 e. The van der Waals surface area contributed by atoms with E-state index in [-0.39, 0.29) is 12.3 Å². The third-order valence-corrected chi connectivity index (χ3v) is 4.76. The predicted molar refractivity (Wildman–Crippen MR) is 108 cm³/mol. The van der Waals surface area contributed by atoms with Gasteiger partial charge in [-0.05, 0) is 0 Å². The standard InChI is InChI=1S/C22H24N2O5/c1-2-17(27)24-22(13-25,14-26)20(28)21-23-18(15-9-5-3-6-10-15)19(29-21)16-11-7-4-8-12-16/h3-12,20,25-26,28H,2,13-14H2,1H3,(H,24,27). The average molecular weight is 396 g/mol. The number of hydrogen-bond acceptors (Lipinski definition) is 6. The van der Waals surface area contributed by atoms with Crippen LogP contribution in [-0.2, 0) is 4.79 Å². The van der Waals surface area contributed by atoms with E-state index in [9.17, 15) is 20.1 Å². The number of nitrogens with one attached hydrogen (secondary N) is 1. The molecule has 4 N–H and O–H groups in total. The van der Waals surface area contributed by atoms with Crippen LogP contribution in [0, 0.1) is 0 Å². The van der Waals surface area contributed by atoms with Gasteiger partial charge in [0.2, 0.25) is 11.8 Å². The van der Waals surface area contributed by atoms with Crippen LogP contribution >= 0.6 is 0 Å². The highest BCUT2D eigenvalue weighted by atomic mass is 16.4. The van der Waals surface area contributed by atoms with Gasteiger partial charge in [0.1, 0.15) is 11.2 Å². The molecule has 1 amide bonds. The second kappa shape index (κ2) is 9.00. The maximum atomic E-state index is 11.9. The van der Waals surface area contributed by atoms with Crippen LogP contribution in [0.5, 0.6) is 0 Å². The smallest absolute Gasteiger partial charge is 0.227 e. The van der Waals surface area contributed by atoms with Crippen molar-refractivity contribution in [1.29, 1.82) is 0 Å². The van der Waals surface area contributed by atoms with Gasteiger partial charge in [-0.15, -0.1) is 0 Å². The summed E-state index contributed by atoms with van der Waals surface area (Å²) in [4.78, 5) is 16.4. The van der Waals surface area contributed by atoms with E-state index >= 15 is 0 Å². The molecular formula is C22H24N2O5. The maximum absolute atomic E-state index is 11.9. The zero-order valence-electron chi connectivity index (χ0n) is 16.1. The topological polar surface area (TPSA) is 116 Å². The number of amides is 1. The number of benzene rings is 2. The summed E-state index contributed by atoms with van der Waals surface area (Å²) in [6.07, 6.45) is -1.43. The van der Waals surface area contributed by atoms with Gasteiger partial charge in [-0.2, -0.15) is 0 Å². The number of aromatic nitrogens is 1. The molecule has 0 aliphatic carbocycles. The van der Waals surface area contributed by atoms with Gasteiger partial charge in [-0.1, -0.05) is 67.6 Å². The molecule has 7 nitrogen and oxygen atoms in total. The molecule has 7 heteroatoms. The summed E-state index contributed by atoms with van der Waals surface area (Å²) in [5.41, 5.74) is 0.329. The largest absolute Gasteiger partial charge is 0.437 e. The fourth-order valence-electron chi connectivity index (χ4n) is 3.00. The Morgan fingerprint density at radius 1 is 1.03 bits per heavy atom. The highest BCUT2D eigenvalue weighted by molar-refractivity contribution is 5.77. The second-order valence-electron chi connectivity index (χ2n) is 6.74. The molecule has 3 rings (SSSR count). The fraction of sp³-hybridized carbons (Fsp3) is 0.273. The van der Waals surface area contributed by atoms with Gasteiger partial charge < -0.3 is 25.1 Å². The van der Waals surface area contributed by atoms with E-state index in [0.29, 0.717) is 11.5 Å². The van der Waals surface area contributed by atoms with Crippen molar-refractivity contribution in [1.82, 2.24) is 10.3 Å². The molecule has 29 heavy (non-hydrogen) atoms. The minimum Gasteiger partial charge on any atom is -0.437 e. The van der Waals surface area contributed by atoms with Crippen LogP contribution in [0.15, 0.2) is 65.1 Å². The van der Waals surface area contributed by atoms with E-state index in [4.69, 9.17) is 4.42 Å². The first-order chi connectivity index (χ1) is 14.0. The Balaban J connectivity index is 2.10. The van der Waals surface area contributed by atoms with Crippen molar-refractivity contribution >= 4 is 5.91 Å². The van der Waals surface area contributed by atoms with Gasteiger partial charge in [0.15, 0.2) is 11.9 Å². The number of carbonyl (C=O) groups excluding carboxylic acids is 1. The normalized spacial score (nSPS) is 12.6. The average Bonchev–Trinajstić information content (AvgIpc) is 3.23. The Morgan fingerprint density at radius 3 is 2.10 bits per heavy atom. The second-order valence-corrected chi connectivity index (χ2v) is 6.74. The Labute approximate surface area is 168 Å². The number of aliphatic hydroxyl groups excluding tert-OH is 3. The molecule has 2 aromatic carbocycles. The molecule has 1 atom stereocenters. The van der Waals surface area contributed by atoms with Crippen LogP contribution in [0.2, 0.25) is 0 Å². The van der Waals surface area contributed by atoms with Gasteiger partial charge in [-0.3, -0.25) is 4.79 Å². The third-order valence-electron chi connectivity index (χ3n) is 4.76. The van der Waals surface area contributed by atoms with Crippen LogP contribution in [0.1, 0.15) is 25.3 Å². The zero-order chi connectivity index (χ0) is 20.9. The Kier molecular flexibility index (Phi) is 6.43. The van der Waals surface area contributed by atoms with Crippen molar-refractivity contribution in [3.8, 4) is 22.6 Å². The van der Waals surface area contributed by atoms with Crippen molar-refractivity contribution in [2.24, 2.45) is 0 Å². The van der Waals surface area contributed by atoms with Crippen molar-refractivity contribution in [3.05, 3.63) is 66.6 Å². The zero-order valence-corrected chi connectivity index (χ0v) is 16.1. The number of carbonyl (C=O) groups is 1. The van der Waals surface area contributed by atoms with E-state index in [2.05, 4.69) is 10.3 Å². The molecule has 0 aliphatic rings. The summed E-state index contributed by atoms with van der Waals surface area (Å²) >= 11 is 0. The number of rotatable bonds is 8. The predicted octanol–water partition coefficient (Wildman–Crippen LogP) is 2.29. The monoisotopic (exact) mass is 396 g/mol. The number of hydrogen-bond donors (Lipinski definition) is 4. The molecule has 0 saturated carbocycles. The lowest BCUT2D eigenvalue weighted by molar-refractivity contribution is -0.128. The van der Waals surface area contributed by atoms with E-state index in [1.54, 1.807) is 6.92 Å². The lowest BCUT2D eigenvalue weighted by Crippen LogP contribution is -2.58. The molecule has 3 aromatic rings. The number of nitrogens with zero attached hydrogens (tertiary/aromatic N) is 1.